The monoisotopic (exact) mass is 612 g/mol. The fourth-order valence-corrected chi connectivity index (χ4v) is 4.17. The van der Waals surface area contributed by atoms with Gasteiger partial charge in [0.25, 0.3) is 0 Å². The summed E-state index contributed by atoms with van der Waals surface area (Å²) >= 11 is 0. The molecule has 198 valence electrons. The maximum atomic E-state index is 11.2. The molecule has 0 saturated heterocycles. The van der Waals surface area contributed by atoms with Crippen molar-refractivity contribution in [3.05, 3.63) is 119 Å². The molecule has 1 aliphatic heterocycles. The van der Waals surface area contributed by atoms with E-state index in [2.05, 4.69) is 24.3 Å². The van der Waals surface area contributed by atoms with Gasteiger partial charge >= 0.3 is 101 Å². The number of hydrogen-bond acceptors (Lipinski definition) is 7. The Kier molecular flexibility index (Phi) is 15.7. The second-order valence-electron chi connectivity index (χ2n) is 8.49. The molecule has 0 amide bonds. The first-order valence-corrected chi connectivity index (χ1v) is 13.0. The SMILES string of the molecule is O=C(O)c1ccc2cc3cccc(C(=O)O)c3cc2c1.O=P([O-])([O-])[O-].[Na+].[Na+].[Na+].c1ccc2c(c1)Cc1ccccc1O2. The van der Waals surface area contributed by atoms with Gasteiger partial charge in [-0.05, 0) is 75.1 Å². The molecule has 13 heteroatoms. The number of benzene rings is 5. The van der Waals surface area contributed by atoms with E-state index in [9.17, 15) is 14.7 Å². The van der Waals surface area contributed by atoms with Crippen molar-refractivity contribution >= 4 is 41.3 Å². The van der Waals surface area contributed by atoms with Crippen molar-refractivity contribution in [3.63, 3.8) is 0 Å². The summed E-state index contributed by atoms with van der Waals surface area (Å²) in [5.41, 5.74) is 2.94. The van der Waals surface area contributed by atoms with E-state index >= 15 is 0 Å². The first-order chi connectivity index (χ1) is 18.5. The van der Waals surface area contributed by atoms with Crippen LogP contribution in [0.1, 0.15) is 31.8 Å². The van der Waals surface area contributed by atoms with Crippen LogP contribution in [0.3, 0.4) is 0 Å². The maximum Gasteiger partial charge on any atom is 1.00 e. The average Bonchev–Trinajstić information content (AvgIpc) is 2.89. The molecule has 5 aromatic rings. The molecule has 1 aliphatic rings. The smallest absolute Gasteiger partial charge is 0.822 e. The molecule has 0 aliphatic carbocycles. The predicted molar refractivity (Wildman–Crippen MR) is 139 cm³/mol. The zero-order valence-corrected chi connectivity index (χ0v) is 30.0. The Morgan fingerprint density at radius 2 is 1.19 bits per heavy atom. The van der Waals surface area contributed by atoms with E-state index in [-0.39, 0.29) is 99.8 Å². The van der Waals surface area contributed by atoms with Crippen LogP contribution in [0, 0.1) is 0 Å². The van der Waals surface area contributed by atoms with Crippen LogP contribution in [-0.4, -0.2) is 22.2 Å². The molecule has 2 N–H and O–H groups in total. The van der Waals surface area contributed by atoms with Crippen LogP contribution in [0.15, 0.2) is 97.1 Å². The van der Waals surface area contributed by atoms with Gasteiger partial charge in [-0.2, -0.15) is 7.82 Å². The molecule has 0 fully saturated rings. The summed E-state index contributed by atoms with van der Waals surface area (Å²) in [6.45, 7) is 0. The van der Waals surface area contributed by atoms with Crippen molar-refractivity contribution < 1.29 is 132 Å². The van der Waals surface area contributed by atoms with Crippen LogP contribution >= 0.6 is 7.82 Å². The van der Waals surface area contributed by atoms with Crippen molar-refractivity contribution in [3.8, 4) is 11.5 Å². The van der Waals surface area contributed by atoms with Gasteiger partial charge in [0, 0.05) is 6.42 Å². The molecule has 5 aromatic carbocycles. The van der Waals surface area contributed by atoms with Crippen LogP contribution in [0.2, 0.25) is 0 Å². The van der Waals surface area contributed by atoms with Crippen LogP contribution in [0.25, 0.3) is 21.5 Å². The fourth-order valence-electron chi connectivity index (χ4n) is 4.17. The Bertz CT molecular complexity index is 1660. The molecule has 1 heterocycles. The first kappa shape index (κ1) is 38.5. The number of fused-ring (bicyclic) bond motifs is 4. The van der Waals surface area contributed by atoms with Gasteiger partial charge in [0.05, 0.1) is 11.1 Å². The van der Waals surface area contributed by atoms with Gasteiger partial charge < -0.3 is 34.2 Å². The molecule has 9 nitrogen and oxygen atoms in total. The number of phosphoric acid groups is 1. The second kappa shape index (κ2) is 17.1. The average molecular weight is 612 g/mol. The summed E-state index contributed by atoms with van der Waals surface area (Å²) in [4.78, 5) is 47.9. The molecular weight excluding hydrogens is 592 g/mol. The number of carboxylic acids is 2. The van der Waals surface area contributed by atoms with Crippen LogP contribution in [0.5, 0.6) is 11.5 Å². The maximum absolute atomic E-state index is 11.2. The Labute approximate surface area is 307 Å². The molecule has 0 saturated carbocycles. The van der Waals surface area contributed by atoms with Crippen molar-refractivity contribution in [2.45, 2.75) is 6.42 Å². The summed E-state index contributed by atoms with van der Waals surface area (Å²) in [6, 6.07) is 29.9. The quantitative estimate of drug-likeness (QED) is 0.110. The fraction of sp³-hybridized carbons (Fsp3) is 0.0345. The Hall–Kier alpha value is -1.53. The largest absolute Gasteiger partial charge is 1.00 e. The molecule has 42 heavy (non-hydrogen) atoms. The molecule has 0 spiro atoms. The second-order valence-corrected chi connectivity index (χ2v) is 9.39. The Morgan fingerprint density at radius 3 is 1.71 bits per heavy atom. The molecular formula is C29H20Na3O9P. The molecule has 0 atom stereocenters. The number of para-hydroxylation sites is 2. The zero-order chi connectivity index (χ0) is 28.2. The van der Waals surface area contributed by atoms with Crippen molar-refractivity contribution in [1.82, 2.24) is 0 Å². The number of carboxylic acid groups (broad SMARTS) is 2. The summed E-state index contributed by atoms with van der Waals surface area (Å²) in [7, 11) is -5.39. The van der Waals surface area contributed by atoms with Crippen LogP contribution in [-0.2, 0) is 11.0 Å². The zero-order valence-electron chi connectivity index (χ0n) is 23.1. The molecule has 0 aromatic heterocycles. The van der Waals surface area contributed by atoms with E-state index in [0.29, 0.717) is 10.8 Å². The topological polar surface area (TPSA) is 170 Å². The van der Waals surface area contributed by atoms with E-state index < -0.39 is 19.8 Å². The molecule has 0 radical (unpaired) electrons. The minimum Gasteiger partial charge on any atom is -0.822 e. The van der Waals surface area contributed by atoms with E-state index in [1.165, 1.54) is 23.3 Å². The molecule has 0 bridgehead atoms. The minimum atomic E-state index is -5.39. The number of carbonyl (C=O) groups is 2. The first-order valence-electron chi connectivity index (χ1n) is 11.5. The van der Waals surface area contributed by atoms with E-state index in [1.807, 2.05) is 36.4 Å². The molecule has 6 rings (SSSR count). The summed E-state index contributed by atoms with van der Waals surface area (Å²) in [5, 5.41) is 21.2. The van der Waals surface area contributed by atoms with Crippen molar-refractivity contribution in [2.24, 2.45) is 0 Å². The number of rotatable bonds is 2. The van der Waals surface area contributed by atoms with Gasteiger partial charge in [0.15, 0.2) is 0 Å². The van der Waals surface area contributed by atoms with Gasteiger partial charge in [-0.3, -0.25) is 0 Å². The van der Waals surface area contributed by atoms with Gasteiger partial charge in [-0.25, -0.2) is 9.59 Å². The van der Waals surface area contributed by atoms with E-state index in [4.69, 9.17) is 29.1 Å². The Morgan fingerprint density at radius 1 is 0.643 bits per heavy atom. The van der Waals surface area contributed by atoms with Gasteiger partial charge in [-0.1, -0.05) is 54.6 Å². The normalized spacial score (nSPS) is 10.7. The van der Waals surface area contributed by atoms with Gasteiger partial charge in [-0.15, -0.1) is 0 Å². The van der Waals surface area contributed by atoms with Gasteiger partial charge in [0.2, 0.25) is 0 Å². The summed E-state index contributed by atoms with van der Waals surface area (Å²) in [5.74, 6) is -0.0137. The summed E-state index contributed by atoms with van der Waals surface area (Å²) < 4.78 is 14.3. The number of ether oxygens (including phenoxy) is 1. The van der Waals surface area contributed by atoms with E-state index in [0.717, 1.165) is 28.7 Å². The van der Waals surface area contributed by atoms with Gasteiger partial charge in [0.1, 0.15) is 11.5 Å². The van der Waals surface area contributed by atoms with Crippen molar-refractivity contribution in [1.29, 1.82) is 0 Å². The van der Waals surface area contributed by atoms with Crippen LogP contribution in [0.4, 0.5) is 0 Å². The van der Waals surface area contributed by atoms with Crippen LogP contribution < -0.4 is 108 Å². The summed E-state index contributed by atoms with van der Waals surface area (Å²) in [6.07, 6.45) is 0.979. The number of aromatic carboxylic acids is 2. The molecule has 0 unspecified atom stereocenters. The minimum absolute atomic E-state index is 0. The van der Waals surface area contributed by atoms with Crippen molar-refractivity contribution in [2.75, 3.05) is 0 Å². The predicted octanol–water partition coefficient (Wildman–Crippen LogP) is -5.04. The third-order valence-corrected chi connectivity index (χ3v) is 5.86. The third kappa shape index (κ3) is 10.6. The van der Waals surface area contributed by atoms with E-state index in [1.54, 1.807) is 24.3 Å². The Balaban J connectivity index is 0.000000353. The number of hydrogen-bond donors (Lipinski definition) is 2. The standard InChI is InChI=1S/C16H10O4.C13H10O.3Na.H3O4P/c17-15(18)11-5-4-9-6-10-2-1-3-13(16(19)20)14(10)8-12(9)7-11;1-3-7-12-10(5-1)9-11-6-2-4-8-13(11)14-12;;;;1-5(2,3)4/h1-8H,(H,17,18)(H,19,20);1-8H,9H2;;;;(H3,1,2,3,4)/q;;3*+1;/p-3. The third-order valence-electron chi connectivity index (χ3n) is 5.86.